The molecule has 27 heavy (non-hydrogen) atoms. The van der Waals surface area contributed by atoms with E-state index in [-0.39, 0.29) is 11.3 Å². The van der Waals surface area contributed by atoms with Gasteiger partial charge in [0.2, 0.25) is 5.91 Å². The second-order valence-corrected chi connectivity index (χ2v) is 9.85. The Bertz CT molecular complexity index is 702. The molecule has 1 saturated heterocycles. The van der Waals surface area contributed by atoms with Crippen LogP contribution in [-0.4, -0.2) is 29.9 Å². The lowest BCUT2D eigenvalue weighted by Gasteiger charge is -2.49. The quantitative estimate of drug-likeness (QED) is 0.815. The van der Waals surface area contributed by atoms with Gasteiger partial charge in [-0.25, -0.2) is 0 Å². The number of carbonyl (C=O) groups excluding carboxylic acids is 1. The Labute approximate surface area is 163 Å². The molecule has 1 heterocycles. The molecule has 3 fully saturated rings. The van der Waals surface area contributed by atoms with Crippen molar-refractivity contribution in [3.8, 4) is 0 Å². The van der Waals surface area contributed by atoms with Crippen LogP contribution < -0.4 is 5.73 Å². The van der Waals surface area contributed by atoms with E-state index in [4.69, 9.17) is 5.73 Å². The molecule has 1 amide bonds. The summed E-state index contributed by atoms with van der Waals surface area (Å²) in [5.74, 6) is 1.84. The average Bonchev–Trinajstić information content (AvgIpc) is 2.68. The van der Waals surface area contributed by atoms with Gasteiger partial charge in [0.1, 0.15) is 0 Å². The molecule has 3 atom stereocenters. The molecular formula is C24H34N2O. The van der Waals surface area contributed by atoms with E-state index in [1.54, 1.807) is 0 Å². The molecule has 1 aromatic rings. The van der Waals surface area contributed by atoms with Crippen LogP contribution in [0.4, 0.5) is 0 Å². The van der Waals surface area contributed by atoms with Crippen LogP contribution in [0.15, 0.2) is 24.3 Å². The smallest absolute Gasteiger partial charge is 0.225 e. The van der Waals surface area contributed by atoms with E-state index in [2.05, 4.69) is 29.2 Å². The monoisotopic (exact) mass is 366 g/mol. The molecule has 146 valence electrons. The zero-order valence-corrected chi connectivity index (χ0v) is 16.5. The first-order valence-electron chi connectivity index (χ1n) is 11.3. The molecule has 1 aliphatic heterocycles. The lowest BCUT2D eigenvalue weighted by Crippen LogP contribution is -2.54. The molecule has 3 aliphatic carbocycles. The van der Waals surface area contributed by atoms with Gasteiger partial charge in [0, 0.05) is 30.5 Å². The van der Waals surface area contributed by atoms with Crippen molar-refractivity contribution in [2.45, 2.75) is 75.7 Å². The number of likely N-dealkylation sites (tertiary alicyclic amines) is 1. The number of benzene rings is 1. The standard InChI is InChI=1S/C24H34N2O/c25-22-18-7-3-8-19(22)15-20(14-18)23(27)26-13-5-12-24(16-26)11-4-9-17-6-1-2-10-21(17)24/h1-2,6,10,18-20,22H,3-5,7-9,11-16,25H2. The van der Waals surface area contributed by atoms with Crippen LogP contribution in [0, 0.1) is 17.8 Å². The zero-order chi connectivity index (χ0) is 18.4. The summed E-state index contributed by atoms with van der Waals surface area (Å²) in [7, 11) is 0. The fourth-order valence-corrected chi connectivity index (χ4v) is 7.00. The first kappa shape index (κ1) is 17.7. The molecular weight excluding hydrogens is 332 g/mol. The summed E-state index contributed by atoms with van der Waals surface area (Å²) in [6.45, 7) is 1.90. The van der Waals surface area contributed by atoms with E-state index in [0.29, 0.717) is 23.8 Å². The highest BCUT2D eigenvalue weighted by atomic mass is 16.2. The highest BCUT2D eigenvalue weighted by molar-refractivity contribution is 5.79. The van der Waals surface area contributed by atoms with Gasteiger partial charge in [-0.3, -0.25) is 4.79 Å². The normalized spacial score (nSPS) is 38.5. The Morgan fingerprint density at radius 1 is 1.04 bits per heavy atom. The number of nitrogens with zero attached hydrogens (tertiary/aromatic N) is 1. The Kier molecular flexibility index (Phi) is 4.54. The predicted octanol–water partition coefficient (Wildman–Crippen LogP) is 4.04. The minimum absolute atomic E-state index is 0.212. The van der Waals surface area contributed by atoms with Gasteiger partial charge in [-0.1, -0.05) is 30.7 Å². The number of piperidine rings is 1. The molecule has 3 nitrogen and oxygen atoms in total. The predicted molar refractivity (Wildman–Crippen MR) is 108 cm³/mol. The van der Waals surface area contributed by atoms with Crippen LogP contribution in [0.25, 0.3) is 0 Å². The van der Waals surface area contributed by atoms with E-state index < -0.39 is 0 Å². The van der Waals surface area contributed by atoms with Crippen LogP contribution >= 0.6 is 0 Å². The summed E-state index contributed by atoms with van der Waals surface area (Å²) in [5, 5.41) is 0. The summed E-state index contributed by atoms with van der Waals surface area (Å²) >= 11 is 0. The summed E-state index contributed by atoms with van der Waals surface area (Å²) in [5.41, 5.74) is 9.74. The van der Waals surface area contributed by atoms with Crippen molar-refractivity contribution in [1.82, 2.24) is 4.90 Å². The van der Waals surface area contributed by atoms with Crippen LogP contribution in [0.5, 0.6) is 0 Å². The van der Waals surface area contributed by atoms with Crippen LogP contribution in [0.3, 0.4) is 0 Å². The fourth-order valence-electron chi connectivity index (χ4n) is 7.00. The third-order valence-corrected chi connectivity index (χ3v) is 8.34. The van der Waals surface area contributed by atoms with Crippen molar-refractivity contribution in [1.29, 1.82) is 0 Å². The van der Waals surface area contributed by atoms with Gasteiger partial charge in [0.15, 0.2) is 0 Å². The molecule has 0 aromatic heterocycles. The summed E-state index contributed by atoms with van der Waals surface area (Å²) < 4.78 is 0. The van der Waals surface area contributed by atoms with Crippen LogP contribution in [0.1, 0.15) is 68.9 Å². The maximum Gasteiger partial charge on any atom is 0.225 e. The lowest BCUT2D eigenvalue weighted by molar-refractivity contribution is -0.141. The van der Waals surface area contributed by atoms with E-state index in [0.717, 1.165) is 32.4 Å². The van der Waals surface area contributed by atoms with Gasteiger partial charge >= 0.3 is 0 Å². The summed E-state index contributed by atoms with van der Waals surface area (Å²) in [6, 6.07) is 9.36. The number of amides is 1. The van der Waals surface area contributed by atoms with E-state index >= 15 is 0 Å². The Morgan fingerprint density at radius 3 is 2.59 bits per heavy atom. The number of carbonyl (C=O) groups is 1. The van der Waals surface area contributed by atoms with Gasteiger partial charge < -0.3 is 10.6 Å². The Hall–Kier alpha value is -1.35. The van der Waals surface area contributed by atoms with E-state index in [1.165, 1.54) is 56.1 Å². The number of aryl methyl sites for hydroxylation is 1. The molecule has 1 aromatic carbocycles. The number of hydrogen-bond acceptors (Lipinski definition) is 2. The minimum atomic E-state index is 0.212. The molecule has 3 unspecified atom stereocenters. The van der Waals surface area contributed by atoms with Crippen molar-refractivity contribution in [3.63, 3.8) is 0 Å². The molecule has 5 rings (SSSR count). The van der Waals surface area contributed by atoms with Gasteiger partial charge in [0.05, 0.1) is 0 Å². The number of rotatable bonds is 1. The second-order valence-electron chi connectivity index (χ2n) is 9.85. The van der Waals surface area contributed by atoms with E-state index in [1.807, 2.05) is 0 Å². The van der Waals surface area contributed by atoms with Gasteiger partial charge in [-0.05, 0) is 80.8 Å². The number of fused-ring (bicyclic) bond motifs is 4. The lowest BCUT2D eigenvalue weighted by atomic mass is 9.64. The topological polar surface area (TPSA) is 46.3 Å². The first-order valence-corrected chi connectivity index (χ1v) is 11.3. The van der Waals surface area contributed by atoms with Gasteiger partial charge in [-0.2, -0.15) is 0 Å². The zero-order valence-electron chi connectivity index (χ0n) is 16.5. The second kappa shape index (κ2) is 6.92. The van der Waals surface area contributed by atoms with E-state index in [9.17, 15) is 4.79 Å². The SMILES string of the molecule is NC1C2CCCC1CC(C(=O)N1CCCC3(CCCc4ccccc43)C1)C2. The molecule has 4 aliphatic rings. The van der Waals surface area contributed by atoms with Crippen molar-refractivity contribution >= 4 is 5.91 Å². The highest BCUT2D eigenvalue weighted by Gasteiger charge is 2.45. The molecule has 2 N–H and O–H groups in total. The fraction of sp³-hybridized carbons (Fsp3) is 0.708. The number of nitrogens with two attached hydrogens (primary N) is 1. The highest BCUT2D eigenvalue weighted by Crippen LogP contribution is 2.46. The summed E-state index contributed by atoms with van der Waals surface area (Å²) in [4.78, 5) is 15.8. The average molecular weight is 367 g/mol. The minimum Gasteiger partial charge on any atom is -0.342 e. The maximum absolute atomic E-state index is 13.5. The third kappa shape index (κ3) is 3.03. The van der Waals surface area contributed by atoms with Crippen LogP contribution in [-0.2, 0) is 16.6 Å². The molecule has 1 spiro atoms. The third-order valence-electron chi connectivity index (χ3n) is 8.34. The van der Waals surface area contributed by atoms with Crippen LogP contribution in [0.2, 0.25) is 0 Å². The van der Waals surface area contributed by atoms with Crippen molar-refractivity contribution in [2.75, 3.05) is 13.1 Å². The Morgan fingerprint density at radius 2 is 1.78 bits per heavy atom. The van der Waals surface area contributed by atoms with Gasteiger partial charge in [0.25, 0.3) is 0 Å². The molecule has 2 bridgehead atoms. The summed E-state index contributed by atoms with van der Waals surface area (Å²) in [6.07, 6.45) is 12.0. The first-order chi connectivity index (χ1) is 13.2. The van der Waals surface area contributed by atoms with Crippen molar-refractivity contribution < 1.29 is 4.79 Å². The molecule has 0 radical (unpaired) electrons. The Balaban J connectivity index is 1.35. The van der Waals surface area contributed by atoms with Gasteiger partial charge in [-0.15, -0.1) is 0 Å². The molecule has 2 saturated carbocycles. The van der Waals surface area contributed by atoms with Crippen molar-refractivity contribution in [3.05, 3.63) is 35.4 Å². The van der Waals surface area contributed by atoms with Crippen molar-refractivity contribution in [2.24, 2.45) is 23.5 Å². The largest absolute Gasteiger partial charge is 0.342 e. The molecule has 3 heteroatoms. The number of hydrogen-bond donors (Lipinski definition) is 1. The maximum atomic E-state index is 13.5.